The molecule has 2 amide bonds. The van der Waals surface area contributed by atoms with Crippen molar-refractivity contribution in [1.29, 1.82) is 0 Å². The number of hydrogen-bond acceptors (Lipinski definition) is 2. The fourth-order valence-electron chi connectivity index (χ4n) is 1.94. The molecule has 0 bridgehead atoms. The summed E-state index contributed by atoms with van der Waals surface area (Å²) in [6.45, 7) is 6.09. The molecule has 2 rings (SSSR count). The molecule has 0 spiro atoms. The van der Waals surface area contributed by atoms with Crippen LogP contribution in [-0.4, -0.2) is 16.0 Å². The normalized spacial score (nSPS) is 12.2. The van der Waals surface area contributed by atoms with Crippen molar-refractivity contribution < 1.29 is 4.79 Å². The summed E-state index contributed by atoms with van der Waals surface area (Å²) in [6, 6.07) is 7.31. The number of aromatic amines is 1. The van der Waals surface area contributed by atoms with E-state index < -0.39 is 0 Å². The van der Waals surface area contributed by atoms with Crippen molar-refractivity contribution >= 4 is 11.7 Å². The second-order valence-corrected chi connectivity index (χ2v) is 5.16. The van der Waals surface area contributed by atoms with Gasteiger partial charge < -0.3 is 15.6 Å². The second kappa shape index (κ2) is 6.23. The number of urea groups is 1. The maximum Gasteiger partial charge on any atom is 0.319 e. The highest BCUT2D eigenvalue weighted by molar-refractivity contribution is 5.89. The maximum atomic E-state index is 12.0. The molecule has 2 aromatic rings. The number of H-pyrrole nitrogens is 1. The highest BCUT2D eigenvalue weighted by Gasteiger charge is 2.20. The van der Waals surface area contributed by atoms with Crippen LogP contribution in [0.25, 0.3) is 0 Å². The first-order chi connectivity index (χ1) is 9.56. The molecular formula is C15H20N4O. The molecule has 0 aliphatic rings. The summed E-state index contributed by atoms with van der Waals surface area (Å²) in [7, 11) is 0. The predicted molar refractivity (Wildman–Crippen MR) is 79.5 cm³/mol. The highest BCUT2D eigenvalue weighted by Crippen LogP contribution is 2.18. The number of nitrogens with one attached hydrogen (secondary N) is 3. The zero-order chi connectivity index (χ0) is 14.5. The molecule has 0 saturated heterocycles. The summed E-state index contributed by atoms with van der Waals surface area (Å²) in [4.78, 5) is 19.3. The van der Waals surface area contributed by atoms with Crippen LogP contribution in [0, 0.1) is 12.8 Å². The predicted octanol–water partition coefficient (Wildman–Crippen LogP) is 3.24. The first kappa shape index (κ1) is 14.1. The van der Waals surface area contributed by atoms with E-state index in [-0.39, 0.29) is 18.0 Å². The third-order valence-corrected chi connectivity index (χ3v) is 3.08. The zero-order valence-corrected chi connectivity index (χ0v) is 12.0. The van der Waals surface area contributed by atoms with Crippen molar-refractivity contribution in [2.24, 2.45) is 5.92 Å². The molecule has 0 radical (unpaired) electrons. The van der Waals surface area contributed by atoms with Gasteiger partial charge >= 0.3 is 6.03 Å². The number of imidazole rings is 1. The number of anilines is 1. The van der Waals surface area contributed by atoms with Gasteiger partial charge in [-0.25, -0.2) is 9.78 Å². The van der Waals surface area contributed by atoms with Crippen molar-refractivity contribution in [3.63, 3.8) is 0 Å². The van der Waals surface area contributed by atoms with Gasteiger partial charge in [-0.3, -0.25) is 0 Å². The third kappa shape index (κ3) is 3.60. The maximum absolute atomic E-state index is 12.0. The van der Waals surface area contributed by atoms with Crippen LogP contribution in [0.1, 0.15) is 31.3 Å². The molecule has 0 saturated carbocycles. The molecule has 1 aromatic heterocycles. The Kier molecular flexibility index (Phi) is 4.40. The molecule has 0 unspecified atom stereocenters. The lowest BCUT2D eigenvalue weighted by molar-refractivity contribution is 0.244. The lowest BCUT2D eigenvalue weighted by atomic mass is 10.0. The van der Waals surface area contributed by atoms with Gasteiger partial charge in [0.1, 0.15) is 5.82 Å². The van der Waals surface area contributed by atoms with E-state index in [1.165, 1.54) is 0 Å². The summed E-state index contributed by atoms with van der Waals surface area (Å²) in [5, 5.41) is 5.76. The van der Waals surface area contributed by atoms with Gasteiger partial charge in [0.05, 0.1) is 6.04 Å². The van der Waals surface area contributed by atoms with Crippen molar-refractivity contribution in [3.05, 3.63) is 48.0 Å². The van der Waals surface area contributed by atoms with E-state index >= 15 is 0 Å². The van der Waals surface area contributed by atoms with Gasteiger partial charge in [0.2, 0.25) is 0 Å². The number of amides is 2. The van der Waals surface area contributed by atoms with Gasteiger partial charge in [-0.1, -0.05) is 31.5 Å². The molecule has 5 nitrogen and oxygen atoms in total. The lowest BCUT2D eigenvalue weighted by Gasteiger charge is -2.20. The average molecular weight is 272 g/mol. The molecule has 5 heteroatoms. The van der Waals surface area contributed by atoms with Gasteiger partial charge in [0.15, 0.2) is 0 Å². The number of aryl methyl sites for hydroxylation is 1. The molecule has 0 fully saturated rings. The quantitative estimate of drug-likeness (QED) is 0.799. The van der Waals surface area contributed by atoms with Crippen LogP contribution in [0.3, 0.4) is 0 Å². The zero-order valence-electron chi connectivity index (χ0n) is 12.0. The van der Waals surface area contributed by atoms with Gasteiger partial charge in [-0.05, 0) is 25.0 Å². The Bertz CT molecular complexity index is 546. The summed E-state index contributed by atoms with van der Waals surface area (Å²) >= 11 is 0. The first-order valence-electron chi connectivity index (χ1n) is 6.69. The van der Waals surface area contributed by atoms with Crippen molar-refractivity contribution in [3.8, 4) is 0 Å². The van der Waals surface area contributed by atoms with Crippen LogP contribution in [0.15, 0.2) is 36.7 Å². The molecule has 1 aromatic carbocycles. The van der Waals surface area contributed by atoms with Crippen LogP contribution in [0.4, 0.5) is 10.5 Å². The van der Waals surface area contributed by atoms with E-state index in [2.05, 4.69) is 20.6 Å². The van der Waals surface area contributed by atoms with E-state index in [0.717, 1.165) is 17.1 Å². The minimum atomic E-state index is -0.232. The van der Waals surface area contributed by atoms with Crippen LogP contribution in [0.5, 0.6) is 0 Å². The van der Waals surface area contributed by atoms with E-state index in [9.17, 15) is 4.79 Å². The van der Waals surface area contributed by atoms with E-state index in [1.54, 1.807) is 12.4 Å². The van der Waals surface area contributed by atoms with Crippen LogP contribution in [-0.2, 0) is 0 Å². The molecular weight excluding hydrogens is 252 g/mol. The molecule has 3 N–H and O–H groups in total. The Morgan fingerprint density at radius 3 is 2.50 bits per heavy atom. The standard InChI is InChI=1S/C15H20N4O/c1-10(2)13(14-16-8-9-17-14)19-15(20)18-12-6-4-11(3)5-7-12/h4-10,13H,1-3H3,(H,16,17)(H2,18,19,20)/t13-/m1/s1. The largest absolute Gasteiger partial charge is 0.347 e. The number of benzene rings is 1. The van der Waals surface area contributed by atoms with Crippen molar-refractivity contribution in [2.75, 3.05) is 5.32 Å². The summed E-state index contributed by atoms with van der Waals surface area (Å²) in [5.74, 6) is 1.00. The molecule has 0 aliphatic heterocycles. The minimum absolute atomic E-state index is 0.143. The molecule has 1 heterocycles. The fraction of sp³-hybridized carbons (Fsp3) is 0.333. The second-order valence-electron chi connectivity index (χ2n) is 5.16. The third-order valence-electron chi connectivity index (χ3n) is 3.08. The van der Waals surface area contributed by atoms with Crippen molar-refractivity contribution in [1.82, 2.24) is 15.3 Å². The Labute approximate surface area is 118 Å². The average Bonchev–Trinajstić information content (AvgIpc) is 2.92. The topological polar surface area (TPSA) is 69.8 Å². The number of aromatic nitrogens is 2. The van der Waals surface area contributed by atoms with E-state index in [4.69, 9.17) is 0 Å². The molecule has 106 valence electrons. The number of carbonyl (C=O) groups excluding carboxylic acids is 1. The molecule has 1 atom stereocenters. The monoisotopic (exact) mass is 272 g/mol. The Hall–Kier alpha value is -2.30. The number of rotatable bonds is 4. The Balaban J connectivity index is 2.00. The molecule has 20 heavy (non-hydrogen) atoms. The summed E-state index contributed by atoms with van der Waals surface area (Å²) in [5.41, 5.74) is 1.93. The van der Waals surface area contributed by atoms with Crippen LogP contribution in [0.2, 0.25) is 0 Å². The summed E-state index contributed by atoms with van der Waals surface area (Å²) < 4.78 is 0. The number of hydrogen-bond donors (Lipinski definition) is 3. The summed E-state index contributed by atoms with van der Waals surface area (Å²) in [6.07, 6.45) is 3.44. The number of nitrogens with zero attached hydrogens (tertiary/aromatic N) is 1. The highest BCUT2D eigenvalue weighted by atomic mass is 16.2. The number of carbonyl (C=O) groups is 1. The minimum Gasteiger partial charge on any atom is -0.347 e. The van der Waals surface area contributed by atoms with Gasteiger partial charge in [-0.15, -0.1) is 0 Å². The SMILES string of the molecule is Cc1ccc(NC(=O)N[C@@H](c2ncc[nH]2)C(C)C)cc1. The van der Waals surface area contributed by atoms with E-state index in [1.807, 2.05) is 45.0 Å². The van der Waals surface area contributed by atoms with Crippen molar-refractivity contribution in [2.45, 2.75) is 26.8 Å². The Morgan fingerprint density at radius 1 is 1.25 bits per heavy atom. The first-order valence-corrected chi connectivity index (χ1v) is 6.69. The Morgan fingerprint density at radius 2 is 1.95 bits per heavy atom. The van der Waals surface area contributed by atoms with Gasteiger partial charge in [-0.2, -0.15) is 0 Å². The van der Waals surface area contributed by atoms with Crippen LogP contribution >= 0.6 is 0 Å². The fourth-order valence-corrected chi connectivity index (χ4v) is 1.94. The van der Waals surface area contributed by atoms with Gasteiger partial charge in [0.25, 0.3) is 0 Å². The lowest BCUT2D eigenvalue weighted by Crippen LogP contribution is -2.35. The van der Waals surface area contributed by atoms with Gasteiger partial charge in [0, 0.05) is 18.1 Å². The van der Waals surface area contributed by atoms with E-state index in [0.29, 0.717) is 0 Å². The smallest absolute Gasteiger partial charge is 0.319 e. The van der Waals surface area contributed by atoms with Crippen LogP contribution < -0.4 is 10.6 Å². The molecule has 0 aliphatic carbocycles.